The molecule has 8 heavy (non-hydrogen) atoms. The van der Waals surface area contributed by atoms with Gasteiger partial charge in [0.2, 0.25) is 0 Å². The molecule has 1 radical (unpaired) electrons. The van der Waals surface area contributed by atoms with E-state index >= 15 is 0 Å². The molecule has 0 unspecified atom stereocenters. The van der Waals surface area contributed by atoms with Crippen LogP contribution in [-0.2, 0) is 17.1 Å². The van der Waals surface area contributed by atoms with E-state index in [9.17, 15) is 0 Å². The number of hydrogen-bond acceptors (Lipinski definition) is 0. The van der Waals surface area contributed by atoms with Gasteiger partial charge in [0.05, 0.1) is 0 Å². The van der Waals surface area contributed by atoms with Crippen LogP contribution in [0.3, 0.4) is 0 Å². The minimum absolute atomic E-state index is 0. The maximum atomic E-state index is 2.00. The van der Waals surface area contributed by atoms with Gasteiger partial charge in [-0.25, -0.2) is 0 Å². The zero-order chi connectivity index (χ0) is 4.24. The molecule has 0 aliphatic carbocycles. The molecule has 0 aliphatic heterocycles. The summed E-state index contributed by atoms with van der Waals surface area (Å²) in [6.45, 7) is 0. The number of rotatable bonds is 0. The van der Waals surface area contributed by atoms with Crippen molar-refractivity contribution in [1.82, 2.24) is 0 Å². The van der Waals surface area contributed by atoms with Gasteiger partial charge in [-0.1, -0.05) is 36.4 Å². The van der Waals surface area contributed by atoms with E-state index in [0.717, 1.165) is 0 Å². The predicted molar refractivity (Wildman–Crippen MR) is 27.6 cm³/mol. The van der Waals surface area contributed by atoms with Gasteiger partial charge in [-0.2, -0.15) is 0 Å². The Bertz CT molecular complexity index is 85.0. The fourth-order valence-corrected chi connectivity index (χ4v) is 0.385. The molecule has 0 heterocycles. The third-order valence-corrected chi connectivity index (χ3v) is 0.667. The maximum Gasteiger partial charge on any atom is 1.00 e. The molecule has 43 valence electrons. The standard InChI is InChI=1S/C6H6.Cu.Li.H/c1-2-4-6-5-3-1;;;/h1-6H;;;/q;;+1;-1. The average molecular weight is 150 g/mol. The first-order chi connectivity index (χ1) is 3.00. The van der Waals surface area contributed by atoms with Crippen LogP contribution in [0, 0.1) is 0 Å². The van der Waals surface area contributed by atoms with Crippen molar-refractivity contribution in [2.75, 3.05) is 0 Å². The van der Waals surface area contributed by atoms with Crippen molar-refractivity contribution in [2.24, 2.45) is 0 Å². The summed E-state index contributed by atoms with van der Waals surface area (Å²) in [5.74, 6) is 0. The van der Waals surface area contributed by atoms with Crippen molar-refractivity contribution in [3.05, 3.63) is 36.4 Å². The Morgan fingerprint density at radius 3 is 0.875 bits per heavy atom. The third kappa shape index (κ3) is 4.49. The first kappa shape index (κ1) is 11.2. The van der Waals surface area contributed by atoms with Crippen molar-refractivity contribution >= 4 is 0 Å². The van der Waals surface area contributed by atoms with Crippen LogP contribution >= 0.6 is 0 Å². The van der Waals surface area contributed by atoms with Crippen LogP contribution in [0.5, 0.6) is 0 Å². The Kier molecular flexibility index (Phi) is 10.2. The summed E-state index contributed by atoms with van der Waals surface area (Å²) in [7, 11) is 0. The maximum absolute atomic E-state index is 2.00. The molecule has 0 amide bonds. The molecule has 0 nitrogen and oxygen atoms in total. The Morgan fingerprint density at radius 1 is 0.625 bits per heavy atom. The van der Waals surface area contributed by atoms with E-state index in [4.69, 9.17) is 0 Å². The Morgan fingerprint density at radius 2 is 0.750 bits per heavy atom. The second kappa shape index (κ2) is 7.34. The molecule has 0 spiro atoms. The molecule has 0 saturated carbocycles. The van der Waals surface area contributed by atoms with Gasteiger partial charge >= 0.3 is 18.9 Å². The van der Waals surface area contributed by atoms with E-state index in [0.29, 0.717) is 0 Å². The molecule has 0 bridgehead atoms. The van der Waals surface area contributed by atoms with Crippen LogP contribution in [-0.4, -0.2) is 0 Å². The minimum atomic E-state index is 0. The van der Waals surface area contributed by atoms with Crippen molar-refractivity contribution in [3.8, 4) is 0 Å². The zero-order valence-electron chi connectivity index (χ0n) is 5.77. The van der Waals surface area contributed by atoms with Gasteiger partial charge < -0.3 is 1.43 Å². The van der Waals surface area contributed by atoms with Crippen molar-refractivity contribution in [3.63, 3.8) is 0 Å². The van der Waals surface area contributed by atoms with Crippen molar-refractivity contribution < 1.29 is 37.4 Å². The normalized spacial score (nSPS) is 6.00. The quantitative estimate of drug-likeness (QED) is 0.407. The number of hydrogen-bond donors (Lipinski definition) is 0. The molecule has 0 atom stereocenters. The van der Waals surface area contributed by atoms with Crippen LogP contribution < -0.4 is 18.9 Å². The van der Waals surface area contributed by atoms with Crippen LogP contribution in [0.15, 0.2) is 36.4 Å². The molecule has 0 fully saturated rings. The fourth-order valence-electron chi connectivity index (χ4n) is 0.385. The summed E-state index contributed by atoms with van der Waals surface area (Å²) in [5.41, 5.74) is 0. The van der Waals surface area contributed by atoms with Gasteiger partial charge in [0.15, 0.2) is 0 Å². The summed E-state index contributed by atoms with van der Waals surface area (Å²) in [6, 6.07) is 12.0. The van der Waals surface area contributed by atoms with Gasteiger partial charge in [-0.05, 0) is 0 Å². The summed E-state index contributed by atoms with van der Waals surface area (Å²) in [5, 5.41) is 0. The second-order valence-electron chi connectivity index (χ2n) is 1.15. The van der Waals surface area contributed by atoms with Crippen molar-refractivity contribution in [1.29, 1.82) is 0 Å². The largest absolute Gasteiger partial charge is 1.00 e. The van der Waals surface area contributed by atoms with E-state index < -0.39 is 0 Å². The zero-order valence-corrected chi connectivity index (χ0v) is 5.71. The fraction of sp³-hybridized carbons (Fsp3) is 0. The molecule has 0 aliphatic rings. The SMILES string of the molecule is [Cu].[H-].[Li+].c1ccccc1. The van der Waals surface area contributed by atoms with Gasteiger partial charge in [-0.15, -0.1) is 0 Å². The Balaban J connectivity index is -0.000000120. The number of benzene rings is 1. The van der Waals surface area contributed by atoms with Crippen molar-refractivity contribution in [2.45, 2.75) is 0 Å². The topological polar surface area (TPSA) is 0 Å². The molecule has 1 aromatic rings. The third-order valence-electron chi connectivity index (χ3n) is 0.667. The van der Waals surface area contributed by atoms with E-state index in [1.54, 1.807) is 0 Å². The van der Waals surface area contributed by atoms with Gasteiger partial charge in [-0.3, -0.25) is 0 Å². The Labute approximate surface area is 73.8 Å². The van der Waals surface area contributed by atoms with E-state index in [1.165, 1.54) is 0 Å². The van der Waals surface area contributed by atoms with E-state index in [1.807, 2.05) is 36.4 Å². The molecular weight excluding hydrogens is 143 g/mol. The van der Waals surface area contributed by atoms with Gasteiger partial charge in [0.1, 0.15) is 0 Å². The van der Waals surface area contributed by atoms with Crippen LogP contribution in [0.4, 0.5) is 0 Å². The minimum Gasteiger partial charge on any atom is -1.00 e. The molecule has 0 aromatic heterocycles. The molecule has 2 heteroatoms. The summed E-state index contributed by atoms with van der Waals surface area (Å²) >= 11 is 0. The van der Waals surface area contributed by atoms with Gasteiger partial charge in [0, 0.05) is 17.1 Å². The van der Waals surface area contributed by atoms with Crippen LogP contribution in [0.1, 0.15) is 1.43 Å². The first-order valence-electron chi connectivity index (χ1n) is 2.00. The molecule has 0 saturated heterocycles. The predicted octanol–water partition coefficient (Wildman–Crippen LogP) is -1.20. The van der Waals surface area contributed by atoms with Gasteiger partial charge in [0.25, 0.3) is 0 Å². The summed E-state index contributed by atoms with van der Waals surface area (Å²) in [6.07, 6.45) is 0. The summed E-state index contributed by atoms with van der Waals surface area (Å²) < 4.78 is 0. The first-order valence-corrected chi connectivity index (χ1v) is 2.00. The van der Waals surface area contributed by atoms with Crippen LogP contribution in [0.2, 0.25) is 0 Å². The monoisotopic (exact) mass is 149 g/mol. The molecular formula is C6H7CuLi. The van der Waals surface area contributed by atoms with E-state index in [-0.39, 0.29) is 37.4 Å². The Hall–Kier alpha value is 0.337. The average Bonchev–Trinajstić information content (AvgIpc) is 1.72. The van der Waals surface area contributed by atoms with E-state index in [2.05, 4.69) is 0 Å². The molecule has 0 N–H and O–H groups in total. The molecule has 1 aromatic carbocycles. The molecule has 1 rings (SSSR count). The summed E-state index contributed by atoms with van der Waals surface area (Å²) in [4.78, 5) is 0. The van der Waals surface area contributed by atoms with Crippen LogP contribution in [0.25, 0.3) is 0 Å². The smallest absolute Gasteiger partial charge is 1.00 e. The second-order valence-corrected chi connectivity index (χ2v) is 1.15.